The Balaban J connectivity index is 1.22. The number of nitrogens with zero attached hydrogens (tertiary/aromatic N) is 1. The van der Waals surface area contributed by atoms with Gasteiger partial charge in [0.25, 0.3) is 5.91 Å². The van der Waals surface area contributed by atoms with Gasteiger partial charge in [-0.15, -0.1) is 0 Å². The molecule has 2 aromatic carbocycles. The third kappa shape index (κ3) is 4.99. The summed E-state index contributed by atoms with van der Waals surface area (Å²) >= 11 is 0. The van der Waals surface area contributed by atoms with Crippen molar-refractivity contribution in [2.45, 2.75) is 62.5 Å². The van der Waals surface area contributed by atoms with Crippen molar-refractivity contribution in [1.82, 2.24) is 9.62 Å². The second-order valence-electron chi connectivity index (χ2n) is 8.65. The Hall–Kier alpha value is -2.26. The largest absolute Gasteiger partial charge is 0.496 e. The Labute approximate surface area is 197 Å². The van der Waals surface area contributed by atoms with E-state index in [0.29, 0.717) is 23.0 Å². The zero-order chi connectivity index (χ0) is 23.4. The number of carbonyl (C=O) groups excluding carboxylic acids is 1. The molecule has 2 aliphatic heterocycles. The highest BCUT2D eigenvalue weighted by atomic mass is 32.3. The van der Waals surface area contributed by atoms with Crippen LogP contribution >= 0.6 is 10.8 Å². The number of rotatable bonds is 10. The van der Waals surface area contributed by atoms with E-state index in [9.17, 15) is 13.9 Å². The molecule has 2 aliphatic rings. The quantitative estimate of drug-likeness (QED) is 0.415. The van der Waals surface area contributed by atoms with Crippen LogP contribution < -0.4 is 14.8 Å². The SMILES string of the molecule is CCC(CCCCN1C(=O)c2ccccc2S1(O)O)NCC1CCc2c(OC)cccc2O1. The van der Waals surface area contributed by atoms with Gasteiger partial charge >= 0.3 is 0 Å². The van der Waals surface area contributed by atoms with E-state index in [1.807, 2.05) is 18.2 Å². The normalized spacial score (nSPS) is 20.5. The van der Waals surface area contributed by atoms with Gasteiger partial charge in [-0.25, -0.2) is 4.31 Å². The first-order chi connectivity index (χ1) is 16.0. The summed E-state index contributed by atoms with van der Waals surface area (Å²) in [6.07, 6.45) is 5.61. The number of benzene rings is 2. The van der Waals surface area contributed by atoms with Crippen molar-refractivity contribution in [3.8, 4) is 11.5 Å². The highest BCUT2D eigenvalue weighted by Gasteiger charge is 2.40. The lowest BCUT2D eigenvalue weighted by Gasteiger charge is -2.37. The number of amides is 1. The average Bonchev–Trinajstić information content (AvgIpc) is 3.03. The molecule has 2 aromatic rings. The molecule has 33 heavy (non-hydrogen) atoms. The van der Waals surface area contributed by atoms with Gasteiger partial charge < -0.3 is 14.8 Å². The molecule has 2 unspecified atom stereocenters. The second kappa shape index (κ2) is 10.3. The van der Waals surface area contributed by atoms with E-state index in [1.165, 1.54) is 4.31 Å². The molecular formula is C25H34N2O5S. The highest BCUT2D eigenvalue weighted by Crippen LogP contribution is 2.58. The number of hydrogen-bond acceptors (Lipinski definition) is 6. The van der Waals surface area contributed by atoms with Crippen molar-refractivity contribution in [2.24, 2.45) is 0 Å². The number of carbonyl (C=O) groups is 1. The third-order valence-electron chi connectivity index (χ3n) is 6.56. The summed E-state index contributed by atoms with van der Waals surface area (Å²) < 4.78 is 34.0. The number of hydrogen-bond donors (Lipinski definition) is 3. The lowest BCUT2D eigenvalue weighted by Crippen LogP contribution is -2.39. The van der Waals surface area contributed by atoms with E-state index in [4.69, 9.17) is 9.47 Å². The van der Waals surface area contributed by atoms with E-state index in [1.54, 1.807) is 31.4 Å². The van der Waals surface area contributed by atoms with Crippen LogP contribution in [-0.4, -0.2) is 51.7 Å². The maximum absolute atomic E-state index is 12.6. The lowest BCUT2D eigenvalue weighted by atomic mass is 10.0. The summed E-state index contributed by atoms with van der Waals surface area (Å²) in [6.45, 7) is 3.29. The summed E-state index contributed by atoms with van der Waals surface area (Å²) in [5.74, 6) is 1.51. The molecule has 0 bridgehead atoms. The molecule has 3 N–H and O–H groups in total. The maximum Gasteiger partial charge on any atom is 0.274 e. The summed E-state index contributed by atoms with van der Waals surface area (Å²) in [6, 6.07) is 13.1. The van der Waals surface area contributed by atoms with Crippen LogP contribution in [0.5, 0.6) is 11.5 Å². The van der Waals surface area contributed by atoms with Gasteiger partial charge in [-0.2, -0.15) is 0 Å². The van der Waals surface area contributed by atoms with Crippen molar-refractivity contribution in [1.29, 1.82) is 0 Å². The van der Waals surface area contributed by atoms with Crippen LogP contribution in [0.1, 0.15) is 54.9 Å². The molecule has 180 valence electrons. The fraction of sp³-hybridized carbons (Fsp3) is 0.480. The Morgan fingerprint density at radius 2 is 2.03 bits per heavy atom. The van der Waals surface area contributed by atoms with E-state index in [0.717, 1.165) is 62.1 Å². The molecule has 0 fully saturated rings. The molecule has 0 saturated heterocycles. The van der Waals surface area contributed by atoms with Crippen molar-refractivity contribution < 1.29 is 23.4 Å². The predicted octanol–water partition coefficient (Wildman–Crippen LogP) is 5.11. The first kappa shape index (κ1) is 23.9. The minimum absolute atomic E-state index is 0.132. The number of unbranched alkanes of at least 4 members (excludes halogenated alkanes) is 1. The average molecular weight is 475 g/mol. The van der Waals surface area contributed by atoms with Crippen LogP contribution in [0.25, 0.3) is 0 Å². The minimum atomic E-state index is -3.21. The van der Waals surface area contributed by atoms with Crippen LogP contribution in [-0.2, 0) is 6.42 Å². The van der Waals surface area contributed by atoms with E-state index in [-0.39, 0.29) is 12.0 Å². The Kier molecular flexibility index (Phi) is 7.48. The molecule has 0 aromatic heterocycles. The molecule has 0 radical (unpaired) electrons. The standard InChI is InChI=1S/C25H34N2O5S/c1-3-18(26-17-19-14-15-20-22(31-2)11-8-12-23(20)32-19)9-6-7-16-27-25(28)21-10-4-5-13-24(21)33(27,29)30/h4-5,8,10-13,18-19,26,29-30H,3,6-7,9,14-17H2,1-2H3. The molecule has 0 spiro atoms. The van der Waals surface area contributed by atoms with Gasteiger partial charge in [0.05, 0.1) is 17.6 Å². The van der Waals surface area contributed by atoms with Gasteiger partial charge in [0.15, 0.2) is 0 Å². The maximum atomic E-state index is 12.6. The molecule has 2 heterocycles. The number of methoxy groups -OCH3 is 1. The van der Waals surface area contributed by atoms with Gasteiger partial charge in [0, 0.05) is 24.7 Å². The summed E-state index contributed by atoms with van der Waals surface area (Å²) in [4.78, 5) is 12.9. The fourth-order valence-corrected chi connectivity index (χ4v) is 6.32. The van der Waals surface area contributed by atoms with Crippen molar-refractivity contribution in [3.05, 3.63) is 53.6 Å². The summed E-state index contributed by atoms with van der Waals surface area (Å²) in [5.41, 5.74) is 1.55. The molecule has 7 nitrogen and oxygen atoms in total. The van der Waals surface area contributed by atoms with Crippen LogP contribution in [0.2, 0.25) is 0 Å². The number of nitrogens with one attached hydrogen (secondary N) is 1. The molecule has 4 rings (SSSR count). The molecule has 2 atom stereocenters. The first-order valence-corrected chi connectivity index (χ1v) is 13.2. The molecule has 0 saturated carbocycles. The number of ether oxygens (including phenoxy) is 2. The second-order valence-corrected chi connectivity index (χ2v) is 10.6. The van der Waals surface area contributed by atoms with Crippen molar-refractivity contribution in [3.63, 3.8) is 0 Å². The van der Waals surface area contributed by atoms with E-state index >= 15 is 0 Å². The van der Waals surface area contributed by atoms with Crippen molar-refractivity contribution >= 4 is 16.7 Å². The van der Waals surface area contributed by atoms with Gasteiger partial charge in [-0.1, -0.05) is 42.3 Å². The van der Waals surface area contributed by atoms with Gasteiger partial charge in [-0.05, 0) is 56.4 Å². The monoisotopic (exact) mass is 474 g/mol. The summed E-state index contributed by atoms with van der Waals surface area (Å²) in [7, 11) is -1.52. The Morgan fingerprint density at radius 3 is 2.79 bits per heavy atom. The smallest absolute Gasteiger partial charge is 0.274 e. The fourth-order valence-electron chi connectivity index (χ4n) is 4.66. The topological polar surface area (TPSA) is 91.3 Å². The van der Waals surface area contributed by atoms with Gasteiger partial charge in [0.2, 0.25) is 0 Å². The van der Waals surface area contributed by atoms with Gasteiger partial charge in [-0.3, -0.25) is 13.9 Å². The van der Waals surface area contributed by atoms with Gasteiger partial charge in [0.1, 0.15) is 17.6 Å². The minimum Gasteiger partial charge on any atom is -0.496 e. The zero-order valence-corrected chi connectivity index (χ0v) is 20.1. The zero-order valence-electron chi connectivity index (χ0n) is 19.3. The van der Waals surface area contributed by atoms with Crippen LogP contribution in [0, 0.1) is 0 Å². The van der Waals surface area contributed by atoms with Crippen molar-refractivity contribution in [2.75, 3.05) is 20.2 Å². The van der Waals surface area contributed by atoms with Crippen LogP contribution in [0.4, 0.5) is 0 Å². The Bertz CT molecular complexity index is 983. The molecule has 1 amide bonds. The molecule has 0 aliphatic carbocycles. The molecular weight excluding hydrogens is 440 g/mol. The third-order valence-corrected chi connectivity index (χ3v) is 8.47. The van der Waals surface area contributed by atoms with E-state index in [2.05, 4.69) is 12.2 Å². The summed E-state index contributed by atoms with van der Waals surface area (Å²) in [5, 5.41) is 3.64. The predicted molar refractivity (Wildman–Crippen MR) is 130 cm³/mol. The Morgan fingerprint density at radius 1 is 1.21 bits per heavy atom. The molecule has 8 heteroatoms. The van der Waals surface area contributed by atoms with Crippen LogP contribution in [0.3, 0.4) is 0 Å². The van der Waals surface area contributed by atoms with E-state index < -0.39 is 10.8 Å². The lowest BCUT2D eigenvalue weighted by molar-refractivity contribution is 0.0860. The highest BCUT2D eigenvalue weighted by molar-refractivity contribution is 8.23. The first-order valence-electron chi connectivity index (χ1n) is 11.7. The number of fused-ring (bicyclic) bond motifs is 2. The van der Waals surface area contributed by atoms with Crippen LogP contribution in [0.15, 0.2) is 47.4 Å².